The van der Waals surface area contributed by atoms with Gasteiger partial charge in [0.15, 0.2) is 0 Å². The summed E-state index contributed by atoms with van der Waals surface area (Å²) in [6.07, 6.45) is -0.829. The van der Waals surface area contributed by atoms with E-state index >= 15 is 0 Å². The fourth-order valence-electron chi connectivity index (χ4n) is 1.42. The lowest BCUT2D eigenvalue weighted by molar-refractivity contribution is 0.122. The predicted molar refractivity (Wildman–Crippen MR) is 61.4 cm³/mol. The Morgan fingerprint density at radius 2 is 1.94 bits per heavy atom. The first-order valence-corrected chi connectivity index (χ1v) is 5.52. The van der Waals surface area contributed by atoms with Crippen LogP contribution in [0.5, 0.6) is 0 Å². The predicted octanol–water partition coefficient (Wildman–Crippen LogP) is 3.58. The monoisotopic (exact) mass is 286 g/mol. The van der Waals surface area contributed by atoms with E-state index in [-0.39, 0.29) is 6.54 Å². The average molecular weight is 287 g/mol. The summed E-state index contributed by atoms with van der Waals surface area (Å²) in [5.41, 5.74) is 1.59. The van der Waals surface area contributed by atoms with Crippen LogP contribution in [0.15, 0.2) is 41.0 Å². The normalized spacial score (nSPS) is 11.0. The smallest absolute Gasteiger partial charge is 0.257 e. The lowest BCUT2D eigenvalue weighted by Gasteiger charge is -1.99. The summed E-state index contributed by atoms with van der Waals surface area (Å²) >= 11 is 3.32. The number of hydrogen-bond acceptors (Lipinski definition) is 1. The van der Waals surface area contributed by atoms with Gasteiger partial charge in [-0.1, -0.05) is 30.3 Å². The summed E-state index contributed by atoms with van der Waals surface area (Å²) in [6, 6.07) is 9.44. The molecule has 0 aliphatic rings. The Morgan fingerprint density at radius 1 is 1.25 bits per heavy atom. The molecule has 1 heterocycles. The maximum absolute atomic E-state index is 12.2. The van der Waals surface area contributed by atoms with Gasteiger partial charge in [0, 0.05) is 11.8 Å². The fourth-order valence-corrected chi connectivity index (χ4v) is 1.97. The molecular formula is C11H9BrF2N2. The van der Waals surface area contributed by atoms with Crippen molar-refractivity contribution < 1.29 is 8.78 Å². The molecule has 0 aliphatic heterocycles. The van der Waals surface area contributed by atoms with Crippen LogP contribution in [0.2, 0.25) is 0 Å². The summed E-state index contributed by atoms with van der Waals surface area (Å²) in [6.45, 7) is -0.383. The third kappa shape index (κ3) is 2.47. The Labute approximate surface area is 100 Å². The van der Waals surface area contributed by atoms with E-state index in [0.717, 1.165) is 10.0 Å². The molecular weight excluding hydrogens is 278 g/mol. The summed E-state index contributed by atoms with van der Waals surface area (Å²) in [7, 11) is 0. The van der Waals surface area contributed by atoms with Crippen LogP contribution in [-0.4, -0.2) is 16.2 Å². The van der Waals surface area contributed by atoms with Crippen LogP contribution in [0.4, 0.5) is 8.78 Å². The first kappa shape index (κ1) is 11.3. The Bertz CT molecular complexity index is 468. The van der Waals surface area contributed by atoms with E-state index < -0.39 is 6.43 Å². The van der Waals surface area contributed by atoms with Crippen LogP contribution in [-0.2, 0) is 6.54 Å². The van der Waals surface area contributed by atoms with E-state index in [2.05, 4.69) is 21.0 Å². The van der Waals surface area contributed by atoms with Crippen molar-refractivity contribution in [3.8, 4) is 11.3 Å². The third-order valence-electron chi connectivity index (χ3n) is 2.09. The van der Waals surface area contributed by atoms with E-state index in [1.165, 1.54) is 4.68 Å². The molecule has 1 aromatic heterocycles. The number of aromatic nitrogens is 2. The van der Waals surface area contributed by atoms with E-state index in [4.69, 9.17) is 0 Å². The maximum atomic E-state index is 12.2. The van der Waals surface area contributed by atoms with Gasteiger partial charge in [-0.15, -0.1) is 0 Å². The first-order chi connectivity index (χ1) is 7.66. The topological polar surface area (TPSA) is 17.8 Å². The Hall–Kier alpha value is -1.23. The van der Waals surface area contributed by atoms with Gasteiger partial charge in [0.2, 0.25) is 0 Å². The van der Waals surface area contributed by atoms with Crippen molar-refractivity contribution in [1.29, 1.82) is 0 Å². The molecule has 2 aromatic rings. The minimum Gasteiger partial charge on any atom is -0.265 e. The fraction of sp³-hybridized carbons (Fsp3) is 0.182. The summed E-state index contributed by atoms with van der Waals surface area (Å²) in [4.78, 5) is 0. The van der Waals surface area contributed by atoms with Crippen molar-refractivity contribution in [1.82, 2.24) is 9.78 Å². The van der Waals surface area contributed by atoms with E-state index in [0.29, 0.717) is 5.69 Å². The standard InChI is InChI=1S/C11H9BrF2N2/c12-9-6-16(7-10(13)14)15-11(9)8-4-2-1-3-5-8/h1-6,10H,7H2. The van der Waals surface area contributed by atoms with Crippen molar-refractivity contribution in [2.75, 3.05) is 0 Å². The Morgan fingerprint density at radius 3 is 2.56 bits per heavy atom. The van der Waals surface area contributed by atoms with Crippen molar-refractivity contribution in [3.63, 3.8) is 0 Å². The first-order valence-electron chi connectivity index (χ1n) is 4.73. The van der Waals surface area contributed by atoms with Gasteiger partial charge in [0.05, 0.1) is 4.47 Å². The largest absolute Gasteiger partial charge is 0.265 e. The van der Waals surface area contributed by atoms with Crippen LogP contribution in [0, 0.1) is 0 Å². The lowest BCUT2D eigenvalue weighted by atomic mass is 10.2. The highest BCUT2D eigenvalue weighted by atomic mass is 79.9. The van der Waals surface area contributed by atoms with Crippen molar-refractivity contribution in [2.24, 2.45) is 0 Å². The highest BCUT2D eigenvalue weighted by Gasteiger charge is 2.11. The van der Waals surface area contributed by atoms with Crippen LogP contribution >= 0.6 is 15.9 Å². The molecule has 2 nitrogen and oxygen atoms in total. The Balaban J connectivity index is 2.32. The summed E-state index contributed by atoms with van der Waals surface area (Å²) in [5.74, 6) is 0. The number of benzene rings is 1. The quantitative estimate of drug-likeness (QED) is 0.843. The SMILES string of the molecule is FC(F)Cn1cc(Br)c(-c2ccccc2)n1. The molecule has 0 saturated carbocycles. The molecule has 2 rings (SSSR count). The van der Waals surface area contributed by atoms with E-state index in [1.54, 1.807) is 6.20 Å². The van der Waals surface area contributed by atoms with Crippen LogP contribution < -0.4 is 0 Å². The van der Waals surface area contributed by atoms with Crippen LogP contribution in [0.1, 0.15) is 0 Å². The second kappa shape index (κ2) is 4.74. The zero-order valence-corrected chi connectivity index (χ0v) is 9.86. The summed E-state index contributed by atoms with van der Waals surface area (Å²) in [5, 5.41) is 4.11. The molecule has 1 aromatic carbocycles. The highest BCUT2D eigenvalue weighted by Crippen LogP contribution is 2.26. The van der Waals surface area contributed by atoms with E-state index in [9.17, 15) is 8.78 Å². The highest BCUT2D eigenvalue weighted by molar-refractivity contribution is 9.10. The molecule has 0 aliphatic carbocycles. The van der Waals surface area contributed by atoms with Crippen molar-refractivity contribution in [3.05, 3.63) is 41.0 Å². The molecule has 0 N–H and O–H groups in total. The van der Waals surface area contributed by atoms with Gasteiger partial charge in [-0.25, -0.2) is 8.78 Å². The summed E-state index contributed by atoms with van der Waals surface area (Å²) < 4.78 is 26.3. The second-order valence-electron chi connectivity index (χ2n) is 3.30. The van der Waals surface area contributed by atoms with E-state index in [1.807, 2.05) is 30.3 Å². The molecule has 16 heavy (non-hydrogen) atoms. The molecule has 0 spiro atoms. The number of alkyl halides is 2. The average Bonchev–Trinajstić information content (AvgIpc) is 2.60. The van der Waals surface area contributed by atoms with Crippen molar-refractivity contribution in [2.45, 2.75) is 13.0 Å². The van der Waals surface area contributed by atoms with Gasteiger partial charge >= 0.3 is 0 Å². The minimum absolute atomic E-state index is 0.383. The number of nitrogens with zero attached hydrogens (tertiary/aromatic N) is 2. The zero-order chi connectivity index (χ0) is 11.5. The van der Waals surface area contributed by atoms with Gasteiger partial charge in [-0.05, 0) is 15.9 Å². The van der Waals surface area contributed by atoms with Crippen molar-refractivity contribution >= 4 is 15.9 Å². The molecule has 0 bridgehead atoms. The van der Waals surface area contributed by atoms with Gasteiger partial charge in [-0.3, -0.25) is 4.68 Å². The molecule has 0 amide bonds. The Kier molecular flexibility index (Phi) is 3.33. The molecule has 0 unspecified atom stereocenters. The molecule has 0 radical (unpaired) electrons. The van der Waals surface area contributed by atoms with Crippen LogP contribution in [0.3, 0.4) is 0 Å². The zero-order valence-electron chi connectivity index (χ0n) is 8.28. The third-order valence-corrected chi connectivity index (χ3v) is 2.67. The second-order valence-corrected chi connectivity index (χ2v) is 4.16. The van der Waals surface area contributed by atoms with Gasteiger partial charge < -0.3 is 0 Å². The molecule has 5 heteroatoms. The van der Waals surface area contributed by atoms with Crippen LogP contribution in [0.25, 0.3) is 11.3 Å². The van der Waals surface area contributed by atoms with Gasteiger partial charge in [0.1, 0.15) is 12.2 Å². The molecule has 84 valence electrons. The molecule has 0 fully saturated rings. The molecule has 0 saturated heterocycles. The number of rotatable bonds is 3. The lowest BCUT2D eigenvalue weighted by Crippen LogP contribution is -2.06. The molecule has 0 atom stereocenters. The van der Waals surface area contributed by atoms with Gasteiger partial charge in [0.25, 0.3) is 6.43 Å². The van der Waals surface area contributed by atoms with Gasteiger partial charge in [-0.2, -0.15) is 5.10 Å². The number of hydrogen-bond donors (Lipinski definition) is 0. The number of halogens is 3. The maximum Gasteiger partial charge on any atom is 0.257 e. The minimum atomic E-state index is -2.39.